The topological polar surface area (TPSA) is 66.9 Å². The number of amides is 2. The molecule has 6 heteroatoms. The predicted octanol–water partition coefficient (Wildman–Crippen LogP) is 6.87. The van der Waals surface area contributed by atoms with Gasteiger partial charge in [0, 0.05) is 24.2 Å². The number of nitrogens with one attached hydrogen (secondary N) is 2. The zero-order valence-electron chi connectivity index (χ0n) is 21.0. The van der Waals surface area contributed by atoms with Gasteiger partial charge in [0.15, 0.2) is 0 Å². The number of urea groups is 1. The van der Waals surface area contributed by atoms with Gasteiger partial charge in [0.05, 0.1) is 0 Å². The minimum absolute atomic E-state index is 0.162. The molecule has 0 unspecified atom stereocenters. The highest BCUT2D eigenvalue weighted by atomic mass is 32.1. The molecule has 5 nitrogen and oxygen atoms in total. The summed E-state index contributed by atoms with van der Waals surface area (Å²) in [4.78, 5) is 11.8. The smallest absolute Gasteiger partial charge is 0.319 e. The summed E-state index contributed by atoms with van der Waals surface area (Å²) in [5, 5.41) is 16.7. The van der Waals surface area contributed by atoms with Crippen LogP contribution in [0, 0.1) is 0 Å². The van der Waals surface area contributed by atoms with Gasteiger partial charge in [-0.15, -0.1) is 10.2 Å². The fraction of sp³-hybridized carbons (Fsp3) is 0.464. The molecule has 1 aliphatic carbocycles. The molecule has 0 saturated heterocycles. The number of hydrogen-bond acceptors (Lipinski definition) is 4. The lowest BCUT2D eigenvalue weighted by molar-refractivity contribution is 0.252. The van der Waals surface area contributed by atoms with E-state index in [0.29, 0.717) is 6.54 Å². The molecule has 0 spiro atoms. The fourth-order valence-electron chi connectivity index (χ4n) is 4.61. The summed E-state index contributed by atoms with van der Waals surface area (Å²) in [5.74, 6) is 0. The van der Waals surface area contributed by atoms with Gasteiger partial charge >= 0.3 is 6.03 Å². The van der Waals surface area contributed by atoms with E-state index in [-0.39, 0.29) is 16.9 Å². The van der Waals surface area contributed by atoms with E-state index in [4.69, 9.17) is 0 Å². The largest absolute Gasteiger partial charge is 0.338 e. The van der Waals surface area contributed by atoms with E-state index in [9.17, 15) is 4.79 Å². The van der Waals surface area contributed by atoms with Crippen LogP contribution in [0.4, 0.5) is 10.5 Å². The highest BCUT2D eigenvalue weighted by Gasteiger charge is 2.37. The molecule has 0 radical (unpaired) electrons. The van der Waals surface area contributed by atoms with Gasteiger partial charge in [-0.25, -0.2) is 4.79 Å². The molecular weight excluding hydrogens is 440 g/mol. The minimum atomic E-state index is -0.162. The third-order valence-electron chi connectivity index (χ3n) is 6.94. The second kappa shape index (κ2) is 9.87. The molecule has 1 heterocycles. The van der Waals surface area contributed by atoms with Crippen LogP contribution >= 0.6 is 11.3 Å². The Bertz CT molecular complexity index is 1150. The molecule has 2 N–H and O–H groups in total. The Labute approximate surface area is 207 Å². The van der Waals surface area contributed by atoms with Gasteiger partial charge in [-0.05, 0) is 71.4 Å². The maximum atomic E-state index is 11.8. The van der Waals surface area contributed by atoms with E-state index < -0.39 is 0 Å². The second-order valence-corrected chi connectivity index (χ2v) is 11.7. The molecule has 1 aliphatic rings. The summed E-state index contributed by atoms with van der Waals surface area (Å²) in [6.07, 6.45) is 5.09. The van der Waals surface area contributed by atoms with Crippen LogP contribution in [0.25, 0.3) is 10.6 Å². The van der Waals surface area contributed by atoms with Crippen LogP contribution in [0.3, 0.4) is 0 Å². The van der Waals surface area contributed by atoms with Crippen LogP contribution in [0.5, 0.6) is 0 Å². The minimum Gasteiger partial charge on any atom is -0.338 e. The van der Waals surface area contributed by atoms with Gasteiger partial charge < -0.3 is 10.6 Å². The van der Waals surface area contributed by atoms with Crippen molar-refractivity contribution >= 4 is 23.1 Å². The van der Waals surface area contributed by atoms with Crippen molar-refractivity contribution in [1.82, 2.24) is 15.5 Å². The molecule has 0 atom stereocenters. The molecule has 0 saturated carbocycles. The average Bonchev–Trinajstić information content (AvgIpc) is 3.29. The van der Waals surface area contributed by atoms with Gasteiger partial charge in [-0.2, -0.15) is 0 Å². The molecule has 34 heavy (non-hydrogen) atoms. The number of nitrogens with zero attached hydrogens (tertiary/aromatic N) is 2. The van der Waals surface area contributed by atoms with Crippen molar-refractivity contribution < 1.29 is 4.79 Å². The number of benzene rings is 2. The van der Waals surface area contributed by atoms with E-state index in [1.165, 1.54) is 35.1 Å². The highest BCUT2D eigenvalue weighted by Crippen LogP contribution is 2.46. The standard InChI is InChI=1S/C28H36N4OS/c1-6-17-29-26(33)30-21-11-7-19(8-12-21)9-14-24-31-32-25(34-24)20-10-13-22-23(18-20)28(4,5)16-15-27(22,2)3/h7-8,10-13,18H,6,9,14-17H2,1-5H3,(H2,29,30,33). The first-order chi connectivity index (χ1) is 16.2. The lowest BCUT2D eigenvalue weighted by Crippen LogP contribution is -2.33. The summed E-state index contributed by atoms with van der Waals surface area (Å²) in [6, 6.07) is 14.7. The highest BCUT2D eigenvalue weighted by molar-refractivity contribution is 7.14. The number of hydrogen-bond donors (Lipinski definition) is 2. The fourth-order valence-corrected chi connectivity index (χ4v) is 5.45. The summed E-state index contributed by atoms with van der Waals surface area (Å²) in [7, 11) is 0. The number of aromatic nitrogens is 2. The monoisotopic (exact) mass is 476 g/mol. The van der Waals surface area contributed by atoms with Crippen LogP contribution < -0.4 is 10.6 Å². The van der Waals surface area contributed by atoms with Crippen molar-refractivity contribution in [3.8, 4) is 10.6 Å². The Morgan fingerprint density at radius 3 is 2.35 bits per heavy atom. The molecule has 3 aromatic rings. The Morgan fingerprint density at radius 2 is 1.65 bits per heavy atom. The van der Waals surface area contributed by atoms with Crippen LogP contribution in [0.2, 0.25) is 0 Å². The summed E-state index contributed by atoms with van der Waals surface area (Å²) >= 11 is 1.69. The number of fused-ring (bicyclic) bond motifs is 1. The first-order valence-corrected chi connectivity index (χ1v) is 13.1. The zero-order valence-corrected chi connectivity index (χ0v) is 21.8. The molecule has 2 aromatic carbocycles. The number of aryl methyl sites for hydroxylation is 2. The Hall–Kier alpha value is -2.73. The molecule has 2 amide bonds. The Balaban J connectivity index is 1.40. The van der Waals surface area contributed by atoms with Crippen molar-refractivity contribution in [2.45, 2.75) is 77.6 Å². The first kappa shape index (κ1) is 24.4. The van der Waals surface area contributed by atoms with Gasteiger partial charge in [0.25, 0.3) is 0 Å². The van der Waals surface area contributed by atoms with Crippen molar-refractivity contribution in [3.63, 3.8) is 0 Å². The third kappa shape index (κ3) is 5.49. The third-order valence-corrected chi connectivity index (χ3v) is 7.97. The lowest BCUT2D eigenvalue weighted by Gasteiger charge is -2.42. The number of anilines is 1. The number of rotatable bonds is 7. The quantitative estimate of drug-likeness (QED) is 0.391. The van der Waals surface area contributed by atoms with Gasteiger partial charge in [-0.1, -0.05) is 70.2 Å². The molecular formula is C28H36N4OS. The maximum Gasteiger partial charge on any atom is 0.319 e. The average molecular weight is 477 g/mol. The van der Waals surface area contributed by atoms with Crippen molar-refractivity contribution in [3.05, 3.63) is 64.2 Å². The van der Waals surface area contributed by atoms with Gasteiger partial charge in [0.1, 0.15) is 10.0 Å². The normalized spacial score (nSPS) is 16.0. The van der Waals surface area contributed by atoms with E-state index in [2.05, 4.69) is 78.9 Å². The van der Waals surface area contributed by atoms with Gasteiger partial charge in [-0.3, -0.25) is 0 Å². The molecule has 180 valence electrons. The summed E-state index contributed by atoms with van der Waals surface area (Å²) < 4.78 is 0. The van der Waals surface area contributed by atoms with E-state index in [0.717, 1.165) is 35.0 Å². The maximum absolute atomic E-state index is 11.8. The van der Waals surface area contributed by atoms with Crippen molar-refractivity contribution in [2.24, 2.45) is 0 Å². The zero-order chi connectivity index (χ0) is 24.3. The van der Waals surface area contributed by atoms with Crippen LogP contribution in [0.1, 0.15) is 75.6 Å². The van der Waals surface area contributed by atoms with Gasteiger partial charge in [0.2, 0.25) is 0 Å². The van der Waals surface area contributed by atoms with E-state index in [1.54, 1.807) is 11.3 Å². The summed E-state index contributed by atoms with van der Waals surface area (Å²) in [5.41, 5.74) is 6.52. The SMILES string of the molecule is CCCNC(=O)Nc1ccc(CCc2nnc(-c3ccc4c(c3)C(C)(C)CCC4(C)C)s2)cc1. The van der Waals surface area contributed by atoms with Crippen LogP contribution in [-0.4, -0.2) is 22.8 Å². The number of carbonyl (C=O) groups excluding carboxylic acids is 1. The lowest BCUT2D eigenvalue weighted by atomic mass is 9.63. The number of carbonyl (C=O) groups is 1. The predicted molar refractivity (Wildman–Crippen MR) is 142 cm³/mol. The van der Waals surface area contributed by atoms with Crippen molar-refractivity contribution in [2.75, 3.05) is 11.9 Å². The molecule has 0 fully saturated rings. The first-order valence-electron chi connectivity index (χ1n) is 12.3. The molecule has 0 aliphatic heterocycles. The molecule has 4 rings (SSSR count). The Morgan fingerprint density at radius 1 is 0.941 bits per heavy atom. The molecule has 1 aromatic heterocycles. The second-order valence-electron chi connectivity index (χ2n) is 10.6. The Kier molecular flexibility index (Phi) is 7.08. The van der Waals surface area contributed by atoms with Crippen LogP contribution in [0.15, 0.2) is 42.5 Å². The van der Waals surface area contributed by atoms with E-state index >= 15 is 0 Å². The van der Waals surface area contributed by atoms with Crippen molar-refractivity contribution in [1.29, 1.82) is 0 Å². The van der Waals surface area contributed by atoms with Crippen LogP contribution in [-0.2, 0) is 23.7 Å². The van der Waals surface area contributed by atoms with E-state index in [1.807, 2.05) is 19.1 Å². The molecule has 0 bridgehead atoms. The summed E-state index contributed by atoms with van der Waals surface area (Å²) in [6.45, 7) is 12.1.